The molecule has 3 rings (SSSR count). The van der Waals surface area contributed by atoms with Crippen molar-refractivity contribution in [3.8, 4) is 0 Å². The summed E-state index contributed by atoms with van der Waals surface area (Å²) in [7, 11) is -0.316. The Morgan fingerprint density at radius 3 is 2.30 bits per heavy atom. The Morgan fingerprint density at radius 1 is 1.09 bits per heavy atom. The van der Waals surface area contributed by atoms with Crippen LogP contribution in [0.25, 0.3) is 0 Å². The van der Waals surface area contributed by atoms with Crippen molar-refractivity contribution in [2.45, 2.75) is 59.3 Å². The molecule has 0 atom stereocenters. The molecule has 23 heavy (non-hydrogen) atoms. The van der Waals surface area contributed by atoms with E-state index >= 15 is 0 Å². The van der Waals surface area contributed by atoms with E-state index < -0.39 is 0 Å². The summed E-state index contributed by atoms with van der Waals surface area (Å²) < 4.78 is 14.5. The van der Waals surface area contributed by atoms with E-state index in [0.29, 0.717) is 0 Å². The Bertz CT molecular complexity index is 706. The van der Waals surface area contributed by atoms with Crippen LogP contribution in [0.1, 0.15) is 44.6 Å². The molecule has 2 heterocycles. The zero-order chi connectivity index (χ0) is 16.8. The second-order valence-electron chi connectivity index (χ2n) is 7.38. The van der Waals surface area contributed by atoms with Crippen molar-refractivity contribution in [1.82, 2.24) is 9.55 Å². The fourth-order valence-corrected chi connectivity index (χ4v) is 2.74. The second kappa shape index (κ2) is 5.50. The third-order valence-electron chi connectivity index (χ3n) is 5.16. The highest BCUT2D eigenvalue weighted by atomic mass is 16.7. The Kier molecular flexibility index (Phi) is 3.89. The van der Waals surface area contributed by atoms with Gasteiger partial charge in [-0.3, -0.25) is 0 Å². The van der Waals surface area contributed by atoms with Gasteiger partial charge in [-0.15, -0.1) is 0 Å². The molecule has 0 bridgehead atoms. The normalized spacial score (nSPS) is 19.3. The van der Waals surface area contributed by atoms with Gasteiger partial charge in [-0.1, -0.05) is 18.2 Å². The van der Waals surface area contributed by atoms with E-state index in [-0.39, 0.29) is 18.3 Å². The number of aryl methyl sites for hydroxylation is 2. The molecule has 0 aliphatic carbocycles. The lowest BCUT2D eigenvalue weighted by molar-refractivity contribution is 0.00578. The van der Waals surface area contributed by atoms with E-state index in [1.165, 1.54) is 11.1 Å². The topological polar surface area (TPSA) is 36.3 Å². The molecule has 0 saturated carbocycles. The Hall–Kier alpha value is -1.59. The highest BCUT2D eigenvalue weighted by Gasteiger charge is 2.51. The molecule has 1 aliphatic rings. The molecule has 1 saturated heterocycles. The smallest absolute Gasteiger partial charge is 0.399 e. The van der Waals surface area contributed by atoms with Crippen LogP contribution >= 0.6 is 0 Å². The second-order valence-corrected chi connectivity index (χ2v) is 7.38. The van der Waals surface area contributed by atoms with Crippen LogP contribution in [0.4, 0.5) is 0 Å². The first-order valence-corrected chi connectivity index (χ1v) is 8.12. The van der Waals surface area contributed by atoms with Crippen molar-refractivity contribution in [2.75, 3.05) is 0 Å². The van der Waals surface area contributed by atoms with Gasteiger partial charge in [-0.2, -0.15) is 0 Å². The van der Waals surface area contributed by atoms with Crippen molar-refractivity contribution >= 4 is 12.6 Å². The molecule has 0 spiro atoms. The highest BCUT2D eigenvalue weighted by Crippen LogP contribution is 2.36. The van der Waals surface area contributed by atoms with Crippen LogP contribution in [-0.4, -0.2) is 27.9 Å². The van der Waals surface area contributed by atoms with Crippen LogP contribution in [0.3, 0.4) is 0 Å². The number of rotatable bonds is 3. The van der Waals surface area contributed by atoms with Crippen molar-refractivity contribution < 1.29 is 9.31 Å². The lowest BCUT2D eigenvalue weighted by atomic mass is 9.78. The number of imidazole rings is 1. The first-order chi connectivity index (χ1) is 10.7. The molecule has 0 amide bonds. The maximum absolute atomic E-state index is 6.16. The minimum atomic E-state index is -0.316. The van der Waals surface area contributed by atoms with Gasteiger partial charge in [0.2, 0.25) is 0 Å². The molecule has 1 aliphatic heterocycles. The standard InChI is InChI=1S/C18H25BN2O2/c1-13-7-8-16(19-22-17(3,4)18(5,6)23-19)11-15(13)12-21-10-9-20-14(21)2/h7-11H,12H2,1-6H3. The van der Waals surface area contributed by atoms with Gasteiger partial charge in [0.05, 0.1) is 11.2 Å². The summed E-state index contributed by atoms with van der Waals surface area (Å²) >= 11 is 0. The molecule has 0 radical (unpaired) electrons. The molecular formula is C18H25BN2O2. The van der Waals surface area contributed by atoms with Crippen molar-refractivity contribution in [2.24, 2.45) is 0 Å². The van der Waals surface area contributed by atoms with Crippen LogP contribution in [0.15, 0.2) is 30.6 Å². The van der Waals surface area contributed by atoms with Gasteiger partial charge in [0.25, 0.3) is 0 Å². The average Bonchev–Trinajstić information content (AvgIpc) is 2.94. The number of nitrogens with zero attached hydrogens (tertiary/aromatic N) is 2. The van der Waals surface area contributed by atoms with Crippen molar-refractivity contribution in [3.63, 3.8) is 0 Å². The lowest BCUT2D eigenvalue weighted by Crippen LogP contribution is -2.41. The minimum absolute atomic E-state index is 0.316. The summed E-state index contributed by atoms with van der Waals surface area (Å²) in [4.78, 5) is 4.29. The zero-order valence-corrected chi connectivity index (χ0v) is 14.9. The summed E-state index contributed by atoms with van der Waals surface area (Å²) in [6, 6.07) is 6.43. The van der Waals surface area contributed by atoms with Gasteiger partial charge in [0.1, 0.15) is 5.82 Å². The van der Waals surface area contributed by atoms with Gasteiger partial charge >= 0.3 is 7.12 Å². The first-order valence-electron chi connectivity index (χ1n) is 8.12. The van der Waals surface area contributed by atoms with Gasteiger partial charge < -0.3 is 13.9 Å². The molecule has 1 aromatic carbocycles. The van der Waals surface area contributed by atoms with E-state index in [9.17, 15) is 0 Å². The Balaban J connectivity index is 1.88. The van der Waals surface area contributed by atoms with Gasteiger partial charge in [0.15, 0.2) is 0 Å². The van der Waals surface area contributed by atoms with E-state index in [1.807, 2.05) is 19.3 Å². The van der Waals surface area contributed by atoms with Crippen molar-refractivity contribution in [3.05, 3.63) is 47.5 Å². The molecule has 4 nitrogen and oxygen atoms in total. The number of benzene rings is 1. The summed E-state index contributed by atoms with van der Waals surface area (Å²) in [5.41, 5.74) is 2.96. The number of hydrogen-bond donors (Lipinski definition) is 0. The van der Waals surface area contributed by atoms with Crippen molar-refractivity contribution in [1.29, 1.82) is 0 Å². The van der Waals surface area contributed by atoms with E-state index in [0.717, 1.165) is 17.8 Å². The molecule has 1 aromatic heterocycles. The number of aromatic nitrogens is 2. The summed E-state index contributed by atoms with van der Waals surface area (Å²) in [5, 5.41) is 0. The largest absolute Gasteiger partial charge is 0.494 e. The first kappa shape index (κ1) is 16.3. The van der Waals surface area contributed by atoms with E-state index in [4.69, 9.17) is 9.31 Å². The maximum atomic E-state index is 6.16. The van der Waals surface area contributed by atoms with E-state index in [2.05, 4.69) is 62.4 Å². The Morgan fingerprint density at radius 2 is 1.74 bits per heavy atom. The SMILES string of the molecule is Cc1ccc(B2OC(C)(C)C(C)(C)O2)cc1Cn1ccnc1C. The minimum Gasteiger partial charge on any atom is -0.399 e. The van der Waals surface area contributed by atoms with Crippen LogP contribution in [-0.2, 0) is 15.9 Å². The molecular weight excluding hydrogens is 287 g/mol. The van der Waals surface area contributed by atoms with Gasteiger partial charge in [0, 0.05) is 18.9 Å². The van der Waals surface area contributed by atoms with Crippen LogP contribution in [0.5, 0.6) is 0 Å². The quantitative estimate of drug-likeness (QED) is 0.818. The van der Waals surface area contributed by atoms with E-state index in [1.54, 1.807) is 0 Å². The van der Waals surface area contributed by atoms with Crippen LogP contribution < -0.4 is 5.46 Å². The molecule has 2 aromatic rings. The van der Waals surface area contributed by atoms with Gasteiger partial charge in [-0.25, -0.2) is 4.98 Å². The monoisotopic (exact) mass is 312 g/mol. The Labute approximate surface area is 139 Å². The predicted molar refractivity (Wildman–Crippen MR) is 93.0 cm³/mol. The molecule has 0 N–H and O–H groups in total. The predicted octanol–water partition coefficient (Wildman–Crippen LogP) is 2.85. The zero-order valence-electron chi connectivity index (χ0n) is 14.9. The summed E-state index contributed by atoms with van der Waals surface area (Å²) in [6.07, 6.45) is 3.85. The van der Waals surface area contributed by atoms with Crippen LogP contribution in [0, 0.1) is 13.8 Å². The van der Waals surface area contributed by atoms with Crippen LogP contribution in [0.2, 0.25) is 0 Å². The van der Waals surface area contributed by atoms with Gasteiger partial charge in [-0.05, 0) is 58.1 Å². The number of hydrogen-bond acceptors (Lipinski definition) is 3. The fourth-order valence-electron chi connectivity index (χ4n) is 2.74. The fraction of sp³-hybridized carbons (Fsp3) is 0.500. The molecule has 5 heteroatoms. The average molecular weight is 312 g/mol. The third-order valence-corrected chi connectivity index (χ3v) is 5.16. The highest BCUT2D eigenvalue weighted by molar-refractivity contribution is 6.62. The summed E-state index contributed by atoms with van der Waals surface area (Å²) in [5.74, 6) is 1.02. The third kappa shape index (κ3) is 2.95. The lowest BCUT2D eigenvalue weighted by Gasteiger charge is -2.32. The maximum Gasteiger partial charge on any atom is 0.494 e. The summed E-state index contributed by atoms with van der Waals surface area (Å²) in [6.45, 7) is 13.3. The molecule has 122 valence electrons. The molecule has 1 fully saturated rings. The molecule has 0 unspecified atom stereocenters.